The Morgan fingerprint density at radius 2 is 1.77 bits per heavy atom. The number of halogens is 2. The Balaban J connectivity index is 0.00000160. The number of anilines is 2. The Kier molecular flexibility index (Phi) is 8.98. The van der Waals surface area contributed by atoms with Crippen LogP contribution in [0.25, 0.3) is 0 Å². The van der Waals surface area contributed by atoms with Crippen LogP contribution < -0.4 is 16.4 Å². The summed E-state index contributed by atoms with van der Waals surface area (Å²) in [5, 5.41) is 6.06. The Morgan fingerprint density at radius 1 is 1.07 bits per heavy atom. The van der Waals surface area contributed by atoms with Crippen LogP contribution in [-0.2, 0) is 9.59 Å². The molecule has 0 spiro atoms. The van der Waals surface area contributed by atoms with Crippen molar-refractivity contribution in [2.45, 2.75) is 51.5 Å². The summed E-state index contributed by atoms with van der Waals surface area (Å²) in [5.74, 6) is 0.868. The first-order chi connectivity index (χ1) is 13.5. The molecule has 0 aromatic heterocycles. The second-order valence-corrected chi connectivity index (χ2v) is 8.84. The smallest absolute Gasteiger partial charge is 0.238 e. The molecule has 1 heterocycles. The maximum atomic E-state index is 12.8. The number of piperidine rings is 1. The van der Waals surface area contributed by atoms with E-state index >= 15 is 0 Å². The zero-order valence-corrected chi connectivity index (χ0v) is 19.2. The van der Waals surface area contributed by atoms with Gasteiger partial charge in [-0.1, -0.05) is 12.5 Å². The molecule has 2 amide bonds. The Hall–Kier alpha value is -1.34. The first kappa shape index (κ1) is 24.9. The van der Waals surface area contributed by atoms with E-state index in [-0.39, 0.29) is 48.6 Å². The zero-order valence-electron chi connectivity index (χ0n) is 17.6. The van der Waals surface area contributed by atoms with Crippen LogP contribution in [0.4, 0.5) is 11.4 Å². The summed E-state index contributed by atoms with van der Waals surface area (Å²) < 4.78 is 0. The van der Waals surface area contributed by atoms with Gasteiger partial charge in [0.1, 0.15) is 0 Å². The molecule has 2 saturated carbocycles. The number of aryl methyl sites for hydroxylation is 1. The second-order valence-electron chi connectivity index (χ2n) is 8.84. The molecule has 1 aromatic carbocycles. The summed E-state index contributed by atoms with van der Waals surface area (Å²) in [6, 6.07) is 5.67. The van der Waals surface area contributed by atoms with E-state index in [9.17, 15) is 9.59 Å². The number of hydrogen-bond acceptors (Lipinski definition) is 4. The zero-order chi connectivity index (χ0) is 19.7. The molecular formula is C22H34Cl2N4O2. The van der Waals surface area contributed by atoms with Crippen LogP contribution in [0.3, 0.4) is 0 Å². The molecule has 6 nitrogen and oxygen atoms in total. The molecule has 1 aliphatic heterocycles. The van der Waals surface area contributed by atoms with Gasteiger partial charge in [0.05, 0.1) is 12.5 Å². The standard InChI is InChI=1S/C22H32N4O2.2ClH/c1-14-5-8-17(24-22(28)20-15-6-7-16(11-15)21(20)23)12-18(14)25-19(27)13-26-9-3-2-4-10-26;;/h5,8,12,15-16,20-21H,2-4,6-7,9-11,13,23H2,1H3,(H,24,28)(H,25,27);2*1H. The highest BCUT2D eigenvalue weighted by Gasteiger charge is 2.49. The number of carbonyl (C=O) groups excluding carboxylic acids is 2. The number of nitrogens with two attached hydrogens (primary N) is 1. The monoisotopic (exact) mass is 456 g/mol. The molecule has 4 unspecified atom stereocenters. The van der Waals surface area contributed by atoms with Crippen LogP contribution in [-0.4, -0.2) is 42.4 Å². The van der Waals surface area contributed by atoms with E-state index in [1.165, 1.54) is 19.3 Å². The lowest BCUT2D eigenvalue weighted by molar-refractivity contribution is -0.121. The number of benzene rings is 1. The van der Waals surface area contributed by atoms with E-state index in [1.807, 2.05) is 25.1 Å². The van der Waals surface area contributed by atoms with Crippen molar-refractivity contribution in [1.82, 2.24) is 4.90 Å². The molecule has 3 aliphatic rings. The van der Waals surface area contributed by atoms with Gasteiger partial charge < -0.3 is 16.4 Å². The van der Waals surface area contributed by atoms with Crippen LogP contribution in [0.5, 0.6) is 0 Å². The minimum absolute atomic E-state index is 0. The SMILES string of the molecule is Cc1ccc(NC(=O)C2C3CCC(C3)C2N)cc1NC(=O)CN1CCCCC1.Cl.Cl. The number of nitrogens with one attached hydrogen (secondary N) is 2. The third-order valence-corrected chi connectivity index (χ3v) is 6.88. The molecule has 8 heteroatoms. The lowest BCUT2D eigenvalue weighted by Crippen LogP contribution is -2.42. The summed E-state index contributed by atoms with van der Waals surface area (Å²) in [6.45, 7) is 4.38. The fraction of sp³-hybridized carbons (Fsp3) is 0.636. The van der Waals surface area contributed by atoms with E-state index in [1.54, 1.807) is 0 Å². The normalized spacial score (nSPS) is 27.7. The van der Waals surface area contributed by atoms with Gasteiger partial charge in [0, 0.05) is 17.4 Å². The minimum atomic E-state index is -0.0859. The molecule has 4 atom stereocenters. The molecular weight excluding hydrogens is 423 g/mol. The van der Waals surface area contributed by atoms with Crippen molar-refractivity contribution < 1.29 is 9.59 Å². The van der Waals surface area contributed by atoms with Gasteiger partial charge in [-0.3, -0.25) is 14.5 Å². The number of carbonyl (C=O) groups is 2. The van der Waals surface area contributed by atoms with Gasteiger partial charge in [-0.05, 0) is 81.6 Å². The Morgan fingerprint density at radius 3 is 2.43 bits per heavy atom. The molecule has 1 aromatic rings. The van der Waals surface area contributed by atoms with E-state index < -0.39 is 0 Å². The van der Waals surface area contributed by atoms with Crippen LogP contribution in [0.15, 0.2) is 18.2 Å². The molecule has 0 radical (unpaired) electrons. The van der Waals surface area contributed by atoms with Gasteiger partial charge in [-0.15, -0.1) is 24.8 Å². The molecule has 4 N–H and O–H groups in total. The molecule has 1 saturated heterocycles. The Labute approximate surface area is 191 Å². The largest absolute Gasteiger partial charge is 0.327 e. The van der Waals surface area contributed by atoms with E-state index in [4.69, 9.17) is 5.73 Å². The topological polar surface area (TPSA) is 87.5 Å². The first-order valence-corrected chi connectivity index (χ1v) is 10.7. The predicted molar refractivity (Wildman–Crippen MR) is 126 cm³/mol. The van der Waals surface area contributed by atoms with Gasteiger partial charge in [0.15, 0.2) is 0 Å². The predicted octanol–water partition coefficient (Wildman–Crippen LogP) is 3.57. The molecule has 30 heavy (non-hydrogen) atoms. The van der Waals surface area contributed by atoms with E-state index in [0.717, 1.165) is 49.3 Å². The number of likely N-dealkylation sites (tertiary alicyclic amines) is 1. The summed E-state index contributed by atoms with van der Waals surface area (Å²) in [5.41, 5.74) is 8.77. The number of amides is 2. The van der Waals surface area contributed by atoms with E-state index in [0.29, 0.717) is 18.4 Å². The van der Waals surface area contributed by atoms with Gasteiger partial charge in [-0.2, -0.15) is 0 Å². The van der Waals surface area contributed by atoms with Crippen molar-refractivity contribution in [3.05, 3.63) is 23.8 Å². The van der Waals surface area contributed by atoms with E-state index in [2.05, 4.69) is 15.5 Å². The van der Waals surface area contributed by atoms with Crippen molar-refractivity contribution in [2.24, 2.45) is 23.5 Å². The quantitative estimate of drug-likeness (QED) is 0.631. The van der Waals surface area contributed by atoms with Crippen LogP contribution >= 0.6 is 24.8 Å². The number of fused-ring (bicyclic) bond motifs is 2. The molecule has 168 valence electrons. The highest BCUT2D eigenvalue weighted by atomic mass is 35.5. The average molecular weight is 457 g/mol. The van der Waals surface area contributed by atoms with Gasteiger partial charge in [0.2, 0.25) is 11.8 Å². The van der Waals surface area contributed by atoms with Crippen LogP contribution in [0, 0.1) is 24.7 Å². The van der Waals surface area contributed by atoms with Crippen LogP contribution in [0.2, 0.25) is 0 Å². The minimum Gasteiger partial charge on any atom is -0.327 e. The lowest BCUT2D eigenvalue weighted by atomic mass is 9.84. The summed E-state index contributed by atoms with van der Waals surface area (Å²) in [6.07, 6.45) is 6.95. The number of hydrogen-bond donors (Lipinski definition) is 3. The molecule has 4 rings (SSSR count). The van der Waals surface area contributed by atoms with Gasteiger partial charge >= 0.3 is 0 Å². The van der Waals surface area contributed by atoms with Crippen molar-refractivity contribution >= 4 is 48.0 Å². The summed E-state index contributed by atoms with van der Waals surface area (Å²) >= 11 is 0. The summed E-state index contributed by atoms with van der Waals surface area (Å²) in [7, 11) is 0. The molecule has 2 bridgehead atoms. The molecule has 3 fully saturated rings. The fourth-order valence-corrected chi connectivity index (χ4v) is 5.30. The number of nitrogens with zero attached hydrogens (tertiary/aromatic N) is 1. The Bertz CT molecular complexity index is 753. The lowest BCUT2D eigenvalue weighted by Gasteiger charge is -2.27. The van der Waals surface area contributed by atoms with Crippen molar-refractivity contribution in [3.63, 3.8) is 0 Å². The van der Waals surface area contributed by atoms with Crippen LogP contribution in [0.1, 0.15) is 44.1 Å². The second kappa shape index (κ2) is 10.8. The van der Waals surface area contributed by atoms with Crippen molar-refractivity contribution in [2.75, 3.05) is 30.3 Å². The highest BCUT2D eigenvalue weighted by Crippen LogP contribution is 2.47. The highest BCUT2D eigenvalue weighted by molar-refractivity contribution is 5.96. The maximum Gasteiger partial charge on any atom is 0.238 e. The number of rotatable bonds is 5. The fourth-order valence-electron chi connectivity index (χ4n) is 5.30. The third kappa shape index (κ3) is 5.47. The van der Waals surface area contributed by atoms with Gasteiger partial charge in [-0.25, -0.2) is 0 Å². The molecule has 2 aliphatic carbocycles. The maximum absolute atomic E-state index is 12.8. The van der Waals surface area contributed by atoms with Crippen molar-refractivity contribution in [3.8, 4) is 0 Å². The third-order valence-electron chi connectivity index (χ3n) is 6.88. The average Bonchev–Trinajstić information content (AvgIpc) is 3.26. The van der Waals surface area contributed by atoms with Gasteiger partial charge in [0.25, 0.3) is 0 Å². The summed E-state index contributed by atoms with van der Waals surface area (Å²) in [4.78, 5) is 27.5. The van der Waals surface area contributed by atoms with Crippen molar-refractivity contribution in [1.29, 1.82) is 0 Å². The first-order valence-electron chi connectivity index (χ1n) is 10.7.